The molecule has 2 aromatic rings. The van der Waals surface area contributed by atoms with Crippen molar-refractivity contribution in [3.63, 3.8) is 0 Å². The highest BCUT2D eigenvalue weighted by Gasteiger charge is 2.28. The number of β-amino-alcohol motifs (C(OH)–C–C–N with tert-alkyl or cyclic N) is 1. The maximum Gasteiger partial charge on any atom is 0.286 e. The fourth-order valence-corrected chi connectivity index (χ4v) is 4.25. The van der Waals surface area contributed by atoms with E-state index in [2.05, 4.69) is 14.8 Å². The number of thioether (sulfide) groups is 1. The average Bonchev–Trinajstić information content (AvgIpc) is 3.10. The van der Waals surface area contributed by atoms with E-state index in [4.69, 9.17) is 9.84 Å². The lowest BCUT2D eigenvalue weighted by Crippen LogP contribution is -2.48. The van der Waals surface area contributed by atoms with Gasteiger partial charge in [0.1, 0.15) is 11.5 Å². The summed E-state index contributed by atoms with van der Waals surface area (Å²) >= 11 is 1.42. The summed E-state index contributed by atoms with van der Waals surface area (Å²) in [5.41, 5.74) is 0.901. The van der Waals surface area contributed by atoms with Crippen molar-refractivity contribution in [2.75, 3.05) is 39.3 Å². The van der Waals surface area contributed by atoms with Gasteiger partial charge in [0, 0.05) is 32.7 Å². The van der Waals surface area contributed by atoms with Gasteiger partial charge in [-0.2, -0.15) is 4.99 Å². The first kappa shape index (κ1) is 19.7. The number of carbonyl (C=O) groups excluding carboxylic acids is 1. The molecular weight excluding hydrogens is 386 g/mol. The molecule has 2 aliphatic rings. The summed E-state index contributed by atoms with van der Waals surface area (Å²) in [5.74, 6) is 1.30. The summed E-state index contributed by atoms with van der Waals surface area (Å²) in [6.07, 6.45) is 1.86. The number of nitrogens with zero attached hydrogens (tertiary/aromatic N) is 3. The second-order valence-electron chi connectivity index (χ2n) is 6.85. The van der Waals surface area contributed by atoms with Gasteiger partial charge in [0.2, 0.25) is 0 Å². The number of para-hydroxylation sites is 1. The van der Waals surface area contributed by atoms with E-state index in [-0.39, 0.29) is 12.5 Å². The Morgan fingerprint density at radius 2 is 1.79 bits per heavy atom. The van der Waals surface area contributed by atoms with Gasteiger partial charge in [0.25, 0.3) is 5.91 Å². The molecule has 150 valence electrons. The molecule has 2 aliphatic heterocycles. The van der Waals surface area contributed by atoms with Gasteiger partial charge in [0.05, 0.1) is 11.5 Å². The Bertz CT molecular complexity index is 922. The molecule has 2 heterocycles. The second-order valence-corrected chi connectivity index (χ2v) is 7.86. The molecule has 4 rings (SSSR count). The number of aliphatic imine (C=N–C) groups is 1. The van der Waals surface area contributed by atoms with Crippen LogP contribution in [0.15, 0.2) is 64.5 Å². The van der Waals surface area contributed by atoms with E-state index in [1.165, 1.54) is 11.8 Å². The van der Waals surface area contributed by atoms with Gasteiger partial charge >= 0.3 is 0 Å². The van der Waals surface area contributed by atoms with Crippen LogP contribution in [0.2, 0.25) is 0 Å². The molecule has 0 atom stereocenters. The summed E-state index contributed by atoms with van der Waals surface area (Å²) in [6.45, 7) is 4.23. The Kier molecular flexibility index (Phi) is 6.29. The van der Waals surface area contributed by atoms with Crippen LogP contribution in [-0.2, 0) is 4.79 Å². The molecule has 0 unspecified atom stereocenters. The summed E-state index contributed by atoms with van der Waals surface area (Å²) < 4.78 is 5.88. The van der Waals surface area contributed by atoms with Gasteiger partial charge in [-0.15, -0.1) is 0 Å². The van der Waals surface area contributed by atoms with Gasteiger partial charge in [-0.1, -0.05) is 30.3 Å². The van der Waals surface area contributed by atoms with Crippen molar-refractivity contribution < 1.29 is 14.6 Å². The minimum atomic E-state index is -0.197. The number of hydrogen-bond donors (Lipinski definition) is 1. The quantitative estimate of drug-likeness (QED) is 0.766. The van der Waals surface area contributed by atoms with Crippen LogP contribution in [0.5, 0.6) is 11.5 Å². The maximum atomic E-state index is 12.4. The van der Waals surface area contributed by atoms with Gasteiger partial charge in [-0.3, -0.25) is 9.69 Å². The first-order valence-electron chi connectivity index (χ1n) is 9.65. The van der Waals surface area contributed by atoms with E-state index in [0.29, 0.717) is 11.4 Å². The van der Waals surface area contributed by atoms with Crippen LogP contribution >= 0.6 is 11.8 Å². The molecule has 0 aliphatic carbocycles. The Balaban J connectivity index is 1.41. The Morgan fingerprint density at radius 3 is 2.55 bits per heavy atom. The number of aliphatic hydroxyl groups is 1. The normalized spacial score (nSPS) is 18.9. The highest BCUT2D eigenvalue weighted by molar-refractivity contribution is 8.18. The number of rotatable bonds is 5. The van der Waals surface area contributed by atoms with Crippen molar-refractivity contribution in [3.05, 3.63) is 65.1 Å². The number of ether oxygens (including phenoxy) is 1. The Labute approximate surface area is 174 Å². The van der Waals surface area contributed by atoms with Crippen molar-refractivity contribution in [1.29, 1.82) is 0 Å². The zero-order valence-electron chi connectivity index (χ0n) is 16.0. The molecule has 29 heavy (non-hydrogen) atoms. The first-order chi connectivity index (χ1) is 14.2. The van der Waals surface area contributed by atoms with Gasteiger partial charge in [-0.25, -0.2) is 0 Å². The summed E-state index contributed by atoms with van der Waals surface area (Å²) in [5, 5.41) is 9.83. The predicted molar refractivity (Wildman–Crippen MR) is 116 cm³/mol. The first-order valence-corrected chi connectivity index (χ1v) is 10.5. The standard InChI is InChI=1S/C22H23N3O3S/c26-14-13-24-9-11-25(12-10-24)22-23-21(27)20(29-22)16-17-5-4-8-19(15-17)28-18-6-2-1-3-7-18/h1-8,15-16,26H,9-14H2/b20-16-. The largest absolute Gasteiger partial charge is 0.457 e. The zero-order chi connectivity index (χ0) is 20.1. The van der Waals surface area contributed by atoms with Crippen molar-refractivity contribution in [3.8, 4) is 11.5 Å². The van der Waals surface area contributed by atoms with Crippen LogP contribution in [0.4, 0.5) is 0 Å². The molecule has 2 aromatic carbocycles. The molecule has 1 saturated heterocycles. The minimum absolute atomic E-state index is 0.175. The van der Waals surface area contributed by atoms with E-state index < -0.39 is 0 Å². The average molecular weight is 410 g/mol. The summed E-state index contributed by atoms with van der Waals surface area (Å²) in [6, 6.07) is 17.3. The van der Waals surface area contributed by atoms with Crippen LogP contribution in [-0.4, -0.2) is 65.3 Å². The highest BCUT2D eigenvalue weighted by atomic mass is 32.2. The number of amidine groups is 1. The third-order valence-corrected chi connectivity index (χ3v) is 5.85. The van der Waals surface area contributed by atoms with E-state index in [1.54, 1.807) is 0 Å². The number of piperazine rings is 1. The van der Waals surface area contributed by atoms with Gasteiger partial charge < -0.3 is 14.7 Å². The van der Waals surface area contributed by atoms with E-state index in [1.807, 2.05) is 60.7 Å². The number of aliphatic hydroxyl groups excluding tert-OH is 1. The topological polar surface area (TPSA) is 65.4 Å². The molecule has 0 saturated carbocycles. The number of hydrogen-bond acceptors (Lipinski definition) is 6. The van der Waals surface area contributed by atoms with Crippen LogP contribution in [0.3, 0.4) is 0 Å². The van der Waals surface area contributed by atoms with Gasteiger partial charge in [0.15, 0.2) is 5.17 Å². The zero-order valence-corrected chi connectivity index (χ0v) is 16.8. The maximum absolute atomic E-state index is 12.4. The molecule has 0 radical (unpaired) electrons. The molecule has 1 fully saturated rings. The fraction of sp³-hybridized carbons (Fsp3) is 0.273. The highest BCUT2D eigenvalue weighted by Crippen LogP contribution is 2.31. The lowest BCUT2D eigenvalue weighted by atomic mass is 10.2. The molecule has 0 spiro atoms. The van der Waals surface area contributed by atoms with Crippen LogP contribution < -0.4 is 4.74 Å². The van der Waals surface area contributed by atoms with Crippen LogP contribution in [0, 0.1) is 0 Å². The molecule has 1 N–H and O–H groups in total. The lowest BCUT2D eigenvalue weighted by Gasteiger charge is -2.34. The monoisotopic (exact) mass is 409 g/mol. The Hall–Kier alpha value is -2.61. The number of carbonyl (C=O) groups is 1. The third kappa shape index (κ3) is 5.06. The van der Waals surface area contributed by atoms with Gasteiger partial charge in [-0.05, 0) is 47.7 Å². The van der Waals surface area contributed by atoms with Crippen LogP contribution in [0.1, 0.15) is 5.56 Å². The fourth-order valence-electron chi connectivity index (χ4n) is 3.28. The Morgan fingerprint density at radius 1 is 1.03 bits per heavy atom. The molecule has 1 amide bonds. The number of amides is 1. The SMILES string of the molecule is O=C1N=C(N2CCN(CCO)CC2)S/C1=C\c1cccc(Oc2ccccc2)c1. The van der Waals surface area contributed by atoms with Crippen LogP contribution in [0.25, 0.3) is 6.08 Å². The number of benzene rings is 2. The van der Waals surface area contributed by atoms with E-state index in [9.17, 15) is 4.79 Å². The van der Waals surface area contributed by atoms with Crippen molar-refractivity contribution in [1.82, 2.24) is 9.80 Å². The molecule has 0 bridgehead atoms. The van der Waals surface area contributed by atoms with Crippen molar-refractivity contribution in [2.45, 2.75) is 0 Å². The van der Waals surface area contributed by atoms with Crippen molar-refractivity contribution >= 4 is 28.9 Å². The molecular formula is C22H23N3O3S. The molecule has 6 nitrogen and oxygen atoms in total. The summed E-state index contributed by atoms with van der Waals surface area (Å²) in [4.78, 5) is 21.6. The predicted octanol–water partition coefficient (Wildman–Crippen LogP) is 3.06. The van der Waals surface area contributed by atoms with E-state index in [0.717, 1.165) is 48.4 Å². The van der Waals surface area contributed by atoms with Crippen molar-refractivity contribution in [2.24, 2.45) is 4.99 Å². The third-order valence-electron chi connectivity index (χ3n) is 4.80. The second kappa shape index (κ2) is 9.26. The lowest BCUT2D eigenvalue weighted by molar-refractivity contribution is -0.113. The molecule has 7 heteroatoms. The minimum Gasteiger partial charge on any atom is -0.457 e. The smallest absolute Gasteiger partial charge is 0.286 e. The summed E-state index contributed by atoms with van der Waals surface area (Å²) in [7, 11) is 0. The van der Waals surface area contributed by atoms with E-state index >= 15 is 0 Å². The molecule has 0 aromatic heterocycles.